The molecule has 0 spiro atoms. The Kier molecular flexibility index (Phi) is 8.39. The quantitative estimate of drug-likeness (QED) is 0.332. The Hall–Kier alpha value is -1.44. The Morgan fingerprint density at radius 3 is 2.44 bits per heavy atom. The summed E-state index contributed by atoms with van der Waals surface area (Å²) in [6.45, 7) is 1.73. The smallest absolute Gasteiger partial charge is 0.390 e. The molecule has 2 aromatic rings. The number of rotatable bonds is 10. The van der Waals surface area contributed by atoms with Gasteiger partial charge in [0.05, 0.1) is 11.8 Å². The number of anilines is 1. The third kappa shape index (κ3) is 6.33. The zero-order valence-electron chi connectivity index (χ0n) is 17.0. The molecular weight excluding hydrogens is 483 g/mol. The van der Waals surface area contributed by atoms with Gasteiger partial charge in [0.1, 0.15) is 4.90 Å². The molecular formula is C20H24F3N3O3S3. The van der Waals surface area contributed by atoms with E-state index in [0.717, 1.165) is 11.0 Å². The van der Waals surface area contributed by atoms with Gasteiger partial charge in [-0.15, -0.1) is 11.8 Å². The predicted molar refractivity (Wildman–Crippen MR) is 121 cm³/mol. The van der Waals surface area contributed by atoms with Gasteiger partial charge in [-0.3, -0.25) is 10.0 Å². The molecule has 1 saturated heterocycles. The van der Waals surface area contributed by atoms with Crippen molar-refractivity contribution in [2.45, 2.75) is 38.8 Å². The number of hydrogen-bond donors (Lipinski definition) is 3. The molecule has 12 heteroatoms. The summed E-state index contributed by atoms with van der Waals surface area (Å²) in [6.07, 6.45) is 0.204. The second-order valence-corrected chi connectivity index (χ2v) is 11.1. The lowest BCUT2D eigenvalue weighted by atomic mass is 10.1. The van der Waals surface area contributed by atoms with Crippen LogP contribution in [0.25, 0.3) is 0 Å². The third-order valence-electron chi connectivity index (χ3n) is 4.97. The summed E-state index contributed by atoms with van der Waals surface area (Å²) >= 11 is 2.20. The van der Waals surface area contributed by atoms with Crippen molar-refractivity contribution in [3.63, 3.8) is 0 Å². The highest BCUT2D eigenvalue weighted by molar-refractivity contribution is 7.99. The number of benzene rings is 2. The molecule has 2 aromatic carbocycles. The highest BCUT2D eigenvalue weighted by atomic mass is 32.2. The van der Waals surface area contributed by atoms with Crippen molar-refractivity contribution in [3.05, 3.63) is 48.5 Å². The molecule has 1 heterocycles. The highest BCUT2D eigenvalue weighted by Gasteiger charge is 2.48. The minimum Gasteiger partial charge on any atom is -0.390 e. The van der Waals surface area contributed by atoms with Gasteiger partial charge in [0.2, 0.25) is 0 Å². The third-order valence-corrected chi connectivity index (χ3v) is 8.20. The Morgan fingerprint density at radius 2 is 1.84 bits per heavy atom. The van der Waals surface area contributed by atoms with Crippen LogP contribution in [0, 0.1) is 0 Å². The maximum Gasteiger partial charge on any atom is 0.501 e. The van der Waals surface area contributed by atoms with E-state index in [0.29, 0.717) is 43.8 Å². The molecule has 6 nitrogen and oxygen atoms in total. The van der Waals surface area contributed by atoms with E-state index in [-0.39, 0.29) is 22.7 Å². The summed E-state index contributed by atoms with van der Waals surface area (Å²) in [5, 5.41) is 17.9. The van der Waals surface area contributed by atoms with Gasteiger partial charge < -0.3 is 10.4 Å². The van der Waals surface area contributed by atoms with Gasteiger partial charge in [-0.1, -0.05) is 18.2 Å². The molecule has 0 bridgehead atoms. The molecule has 0 aromatic heterocycles. The minimum atomic E-state index is -5.57. The Labute approximate surface area is 193 Å². The van der Waals surface area contributed by atoms with Gasteiger partial charge >= 0.3 is 5.51 Å². The van der Waals surface area contributed by atoms with Gasteiger partial charge in [-0.2, -0.15) is 13.2 Å². The Balaban J connectivity index is 1.83. The van der Waals surface area contributed by atoms with E-state index in [4.69, 9.17) is 5.14 Å². The van der Waals surface area contributed by atoms with E-state index in [1.807, 2.05) is 35.2 Å². The number of hydrogen-bond acceptors (Lipinski definition) is 8. The second kappa shape index (κ2) is 10.7. The largest absolute Gasteiger partial charge is 0.501 e. The Morgan fingerprint density at radius 1 is 1.16 bits per heavy atom. The zero-order valence-corrected chi connectivity index (χ0v) is 19.4. The SMILES string of the molecule is NSc1ccc(NC(CCN2CC(O)C2)CSc2ccccc2)c(S(=O)(=O)C(F)(F)F)c1. The van der Waals surface area contributed by atoms with Crippen LogP contribution in [-0.2, 0) is 9.84 Å². The number of likely N-dealkylation sites (tertiary alicyclic amines) is 1. The van der Waals surface area contributed by atoms with Crippen LogP contribution in [0.4, 0.5) is 18.9 Å². The minimum absolute atomic E-state index is 0.109. The average Bonchev–Trinajstić information content (AvgIpc) is 2.74. The first-order valence-corrected chi connectivity index (χ1v) is 13.1. The van der Waals surface area contributed by atoms with Gasteiger partial charge in [0.25, 0.3) is 9.84 Å². The van der Waals surface area contributed by atoms with Gasteiger partial charge in [0, 0.05) is 41.2 Å². The number of sulfone groups is 1. The summed E-state index contributed by atoms with van der Waals surface area (Å²) in [5.74, 6) is 0.513. The lowest BCUT2D eigenvalue weighted by molar-refractivity contribution is -0.0435. The summed E-state index contributed by atoms with van der Waals surface area (Å²) in [6, 6.07) is 13.0. The number of aliphatic hydroxyl groups excluding tert-OH is 1. The van der Waals surface area contributed by atoms with Crippen molar-refractivity contribution in [1.82, 2.24) is 4.90 Å². The number of nitrogens with one attached hydrogen (secondary N) is 1. The van der Waals surface area contributed by atoms with Crippen molar-refractivity contribution in [2.24, 2.45) is 5.14 Å². The molecule has 4 N–H and O–H groups in total. The van der Waals surface area contributed by atoms with Crippen molar-refractivity contribution < 1.29 is 26.7 Å². The van der Waals surface area contributed by atoms with E-state index in [2.05, 4.69) is 5.32 Å². The summed E-state index contributed by atoms with van der Waals surface area (Å²) < 4.78 is 64.3. The first-order valence-electron chi connectivity index (χ1n) is 9.77. The molecule has 0 amide bonds. The first kappa shape index (κ1) is 25.2. The fraction of sp³-hybridized carbons (Fsp3) is 0.400. The lowest BCUT2D eigenvalue weighted by Gasteiger charge is -2.36. The maximum absolute atomic E-state index is 13.3. The molecule has 0 saturated carbocycles. The van der Waals surface area contributed by atoms with Crippen LogP contribution in [0.1, 0.15) is 6.42 Å². The topological polar surface area (TPSA) is 95.7 Å². The average molecular weight is 508 g/mol. The number of halogens is 3. The number of thioether (sulfide) groups is 1. The van der Waals surface area contributed by atoms with Crippen LogP contribution in [0.5, 0.6) is 0 Å². The fourth-order valence-corrected chi connectivity index (χ4v) is 5.58. The molecule has 0 aliphatic carbocycles. The molecule has 3 rings (SSSR count). The maximum atomic E-state index is 13.3. The van der Waals surface area contributed by atoms with Crippen LogP contribution in [0.3, 0.4) is 0 Å². The normalized spacial score (nSPS) is 16.5. The number of nitrogens with two attached hydrogens (primary N) is 1. The summed E-state index contributed by atoms with van der Waals surface area (Å²) in [4.78, 5) is 2.41. The molecule has 1 fully saturated rings. The van der Waals surface area contributed by atoms with E-state index < -0.39 is 20.2 Å². The van der Waals surface area contributed by atoms with E-state index in [9.17, 15) is 26.7 Å². The van der Waals surface area contributed by atoms with E-state index >= 15 is 0 Å². The van der Waals surface area contributed by atoms with Crippen LogP contribution in [0.15, 0.2) is 63.2 Å². The first-order chi connectivity index (χ1) is 15.1. The number of aliphatic hydroxyl groups is 1. The zero-order chi connectivity index (χ0) is 23.4. The van der Waals surface area contributed by atoms with E-state index in [1.54, 1.807) is 0 Å². The number of nitrogens with zero attached hydrogens (tertiary/aromatic N) is 1. The van der Waals surface area contributed by atoms with Gasteiger partial charge in [0.15, 0.2) is 0 Å². The van der Waals surface area contributed by atoms with Crippen LogP contribution >= 0.6 is 23.7 Å². The fourth-order valence-electron chi connectivity index (χ4n) is 3.24. The molecule has 1 unspecified atom stereocenters. The second-order valence-electron chi connectivity index (χ2n) is 7.39. The van der Waals surface area contributed by atoms with Gasteiger partial charge in [-0.05, 0) is 48.7 Å². The predicted octanol–water partition coefficient (Wildman–Crippen LogP) is 3.59. The number of alkyl halides is 3. The standard InChI is InChI=1S/C20H24F3N3O3S3/c21-20(22,23)32(28,29)19-10-17(31-24)6-7-18(19)25-14(8-9-26-11-15(27)12-26)13-30-16-4-2-1-3-5-16/h1-7,10,14-15,25,27H,8-9,11-13,24H2. The van der Waals surface area contributed by atoms with Crippen LogP contribution < -0.4 is 10.5 Å². The van der Waals surface area contributed by atoms with Crippen LogP contribution in [-0.4, -0.2) is 61.5 Å². The van der Waals surface area contributed by atoms with E-state index in [1.165, 1.54) is 23.9 Å². The molecule has 1 aliphatic heterocycles. The summed E-state index contributed by atoms with van der Waals surface area (Å²) in [7, 11) is -5.57. The van der Waals surface area contributed by atoms with Crippen molar-refractivity contribution in [2.75, 3.05) is 30.7 Å². The molecule has 176 valence electrons. The van der Waals surface area contributed by atoms with Crippen molar-refractivity contribution in [3.8, 4) is 0 Å². The highest BCUT2D eigenvalue weighted by Crippen LogP contribution is 2.37. The summed E-state index contributed by atoms with van der Waals surface area (Å²) in [5.41, 5.74) is -5.54. The molecule has 32 heavy (non-hydrogen) atoms. The molecule has 1 aliphatic rings. The van der Waals surface area contributed by atoms with Gasteiger partial charge in [-0.25, -0.2) is 8.42 Å². The Bertz CT molecular complexity index is 1000. The van der Waals surface area contributed by atoms with Crippen molar-refractivity contribution in [1.29, 1.82) is 0 Å². The lowest BCUT2D eigenvalue weighted by Crippen LogP contribution is -2.51. The monoisotopic (exact) mass is 507 g/mol. The number of β-amino-alcohol motifs (C(OH)–C–C–N with tert-alkyl or cyclic N) is 1. The van der Waals surface area contributed by atoms with Crippen LogP contribution in [0.2, 0.25) is 0 Å². The molecule has 0 radical (unpaired) electrons. The van der Waals surface area contributed by atoms with Crippen molar-refractivity contribution >= 4 is 39.2 Å². The molecule has 1 atom stereocenters.